The number of hydrogen-bond donors (Lipinski definition) is 1. The van der Waals surface area contributed by atoms with Gasteiger partial charge in [0.1, 0.15) is 5.82 Å². The first-order valence-corrected chi connectivity index (χ1v) is 12.7. The van der Waals surface area contributed by atoms with E-state index in [-0.39, 0.29) is 5.91 Å². The van der Waals surface area contributed by atoms with Crippen LogP contribution in [-0.2, 0) is 6.42 Å². The Bertz CT molecular complexity index is 1380. The molecular formula is C28H27BrN4O. The Hall–Kier alpha value is -2.96. The maximum atomic E-state index is 13.5. The van der Waals surface area contributed by atoms with Gasteiger partial charge in [0.05, 0.1) is 17.1 Å². The minimum atomic E-state index is 0.101. The molecule has 172 valence electrons. The largest absolute Gasteiger partial charge is 0.338 e. The second-order valence-corrected chi connectivity index (χ2v) is 10.4. The van der Waals surface area contributed by atoms with E-state index in [9.17, 15) is 4.79 Å². The summed E-state index contributed by atoms with van der Waals surface area (Å²) in [5.41, 5.74) is 7.41. The lowest BCUT2D eigenvalue weighted by atomic mass is 9.97. The average Bonchev–Trinajstić information content (AvgIpc) is 3.56. The highest BCUT2D eigenvalue weighted by Crippen LogP contribution is 2.37. The van der Waals surface area contributed by atoms with Crippen molar-refractivity contribution in [3.8, 4) is 11.4 Å². The lowest BCUT2D eigenvalue weighted by molar-refractivity contribution is 0.0198. The van der Waals surface area contributed by atoms with Gasteiger partial charge in [-0.3, -0.25) is 9.80 Å². The van der Waals surface area contributed by atoms with Gasteiger partial charge in [0, 0.05) is 28.2 Å². The maximum Gasteiger partial charge on any atom is 0.268 e. The van der Waals surface area contributed by atoms with E-state index in [1.807, 2.05) is 29.3 Å². The molecule has 2 saturated heterocycles. The van der Waals surface area contributed by atoms with Gasteiger partial charge in [0.2, 0.25) is 0 Å². The molecule has 0 radical (unpaired) electrons. The number of piperidine rings is 1. The summed E-state index contributed by atoms with van der Waals surface area (Å²) in [4.78, 5) is 21.7. The quantitative estimate of drug-likeness (QED) is 0.360. The lowest BCUT2D eigenvalue weighted by Gasteiger charge is -2.28. The van der Waals surface area contributed by atoms with Crippen molar-refractivity contribution in [2.75, 3.05) is 6.54 Å². The molecule has 4 aromatic rings. The lowest BCUT2D eigenvalue weighted by Crippen LogP contribution is -2.42. The number of amides is 1. The summed E-state index contributed by atoms with van der Waals surface area (Å²) in [6.45, 7) is 5.15. The van der Waals surface area contributed by atoms with Crippen LogP contribution >= 0.6 is 15.9 Å². The third kappa shape index (κ3) is 3.56. The van der Waals surface area contributed by atoms with Crippen molar-refractivity contribution in [3.63, 3.8) is 0 Å². The minimum Gasteiger partial charge on any atom is -0.338 e. The van der Waals surface area contributed by atoms with E-state index in [1.165, 1.54) is 16.7 Å². The van der Waals surface area contributed by atoms with E-state index >= 15 is 0 Å². The zero-order valence-electron chi connectivity index (χ0n) is 19.4. The molecule has 3 unspecified atom stereocenters. The van der Waals surface area contributed by atoms with Crippen LogP contribution in [0.5, 0.6) is 0 Å². The zero-order valence-corrected chi connectivity index (χ0v) is 21.0. The Kier molecular flexibility index (Phi) is 5.30. The van der Waals surface area contributed by atoms with E-state index in [4.69, 9.17) is 4.98 Å². The third-order valence-corrected chi connectivity index (χ3v) is 8.31. The molecule has 0 spiro atoms. The molecule has 34 heavy (non-hydrogen) atoms. The van der Waals surface area contributed by atoms with Gasteiger partial charge in [-0.15, -0.1) is 0 Å². The standard InChI is InChI=1S/C28H27BrN4O/c1-17-18(2)26-25(16-24(17)29)30-27(31-26)20-8-10-21(11-9-20)28(34)33-22-12-13-32(33)23(15-22)14-19-6-4-3-5-7-19/h3-11,16,22-23H,12-15H2,1-2H3,(H,30,31). The van der Waals surface area contributed by atoms with Crippen LogP contribution in [0.2, 0.25) is 0 Å². The van der Waals surface area contributed by atoms with Gasteiger partial charge in [-0.05, 0) is 68.0 Å². The average molecular weight is 515 g/mol. The highest BCUT2D eigenvalue weighted by Gasteiger charge is 2.46. The van der Waals surface area contributed by atoms with E-state index < -0.39 is 0 Å². The fraction of sp³-hybridized carbons (Fsp3) is 0.286. The first-order valence-electron chi connectivity index (χ1n) is 11.9. The molecule has 1 amide bonds. The van der Waals surface area contributed by atoms with Gasteiger partial charge in [-0.25, -0.2) is 9.99 Å². The summed E-state index contributed by atoms with van der Waals surface area (Å²) in [6.07, 6.45) is 3.09. The van der Waals surface area contributed by atoms with Crippen molar-refractivity contribution in [2.45, 2.75) is 45.2 Å². The number of nitrogens with zero attached hydrogens (tertiary/aromatic N) is 3. The van der Waals surface area contributed by atoms with Crippen molar-refractivity contribution >= 4 is 32.9 Å². The number of benzene rings is 3. The predicted molar refractivity (Wildman–Crippen MR) is 139 cm³/mol. The van der Waals surface area contributed by atoms with Crippen LogP contribution in [0.1, 0.15) is 39.9 Å². The number of carbonyl (C=O) groups is 1. The molecule has 2 fully saturated rings. The maximum absolute atomic E-state index is 13.5. The zero-order chi connectivity index (χ0) is 23.4. The predicted octanol–water partition coefficient (Wildman–Crippen LogP) is 6.06. The van der Waals surface area contributed by atoms with Crippen LogP contribution in [-0.4, -0.2) is 44.5 Å². The highest BCUT2D eigenvalue weighted by molar-refractivity contribution is 9.10. The van der Waals surface area contributed by atoms with Crippen molar-refractivity contribution in [3.05, 3.63) is 87.4 Å². The number of rotatable bonds is 4. The Balaban J connectivity index is 1.22. The third-order valence-electron chi connectivity index (χ3n) is 7.49. The number of carbonyl (C=O) groups excluding carboxylic acids is 1. The topological polar surface area (TPSA) is 52.2 Å². The normalized spacial score (nSPS) is 21.5. The molecule has 0 aliphatic carbocycles. The molecule has 2 aliphatic heterocycles. The Morgan fingerprint density at radius 1 is 1.09 bits per heavy atom. The van der Waals surface area contributed by atoms with Gasteiger partial charge >= 0.3 is 0 Å². The van der Waals surface area contributed by atoms with E-state index in [0.29, 0.717) is 12.1 Å². The summed E-state index contributed by atoms with van der Waals surface area (Å²) in [7, 11) is 0. The molecule has 2 aliphatic rings. The number of hydrazine groups is 1. The van der Waals surface area contributed by atoms with Crippen molar-refractivity contribution in [1.29, 1.82) is 0 Å². The fourth-order valence-electron chi connectivity index (χ4n) is 5.50. The van der Waals surface area contributed by atoms with Crippen LogP contribution in [0.3, 0.4) is 0 Å². The summed E-state index contributed by atoms with van der Waals surface area (Å²) in [6, 6.07) is 21.2. The highest BCUT2D eigenvalue weighted by atomic mass is 79.9. The van der Waals surface area contributed by atoms with Gasteiger partial charge in [-0.1, -0.05) is 58.4 Å². The first-order chi connectivity index (χ1) is 16.5. The number of fused-ring (bicyclic) bond motifs is 3. The molecule has 2 bridgehead atoms. The number of H-pyrrole nitrogens is 1. The van der Waals surface area contributed by atoms with Crippen LogP contribution < -0.4 is 0 Å². The molecule has 3 aromatic carbocycles. The number of aryl methyl sites for hydroxylation is 1. The summed E-state index contributed by atoms with van der Waals surface area (Å²) in [5, 5.41) is 4.32. The van der Waals surface area contributed by atoms with E-state index in [2.05, 4.69) is 76.2 Å². The monoisotopic (exact) mass is 514 g/mol. The van der Waals surface area contributed by atoms with Crippen LogP contribution in [0.25, 0.3) is 22.4 Å². The SMILES string of the molecule is Cc1c(Br)cc2[nH]c(-c3ccc(C(=O)N4C5CCN4C(Cc4ccccc4)C5)cc3)nc2c1C. The van der Waals surface area contributed by atoms with Crippen molar-refractivity contribution in [2.24, 2.45) is 0 Å². The molecule has 3 atom stereocenters. The fourth-order valence-corrected chi connectivity index (χ4v) is 6.03. The van der Waals surface area contributed by atoms with Gasteiger partial charge in [0.15, 0.2) is 0 Å². The number of aromatic nitrogens is 2. The second kappa shape index (κ2) is 8.36. The molecule has 3 heterocycles. The molecule has 6 heteroatoms. The smallest absolute Gasteiger partial charge is 0.268 e. The van der Waals surface area contributed by atoms with Crippen molar-refractivity contribution in [1.82, 2.24) is 20.0 Å². The number of halogens is 1. The van der Waals surface area contributed by atoms with Gasteiger partial charge < -0.3 is 4.98 Å². The Morgan fingerprint density at radius 3 is 2.62 bits per heavy atom. The molecular weight excluding hydrogens is 488 g/mol. The number of aromatic amines is 1. The van der Waals surface area contributed by atoms with Crippen LogP contribution in [0.15, 0.2) is 65.1 Å². The number of nitrogens with one attached hydrogen (secondary N) is 1. The van der Waals surface area contributed by atoms with Gasteiger partial charge in [-0.2, -0.15) is 0 Å². The van der Waals surface area contributed by atoms with E-state index in [0.717, 1.165) is 58.3 Å². The Morgan fingerprint density at radius 2 is 1.85 bits per heavy atom. The molecule has 1 N–H and O–H groups in total. The van der Waals surface area contributed by atoms with Crippen LogP contribution in [0, 0.1) is 13.8 Å². The second-order valence-electron chi connectivity index (χ2n) is 9.50. The molecule has 1 aromatic heterocycles. The Labute approximate surface area is 207 Å². The minimum absolute atomic E-state index is 0.101. The molecule has 6 rings (SSSR count). The first kappa shape index (κ1) is 21.6. The number of hydrogen-bond acceptors (Lipinski definition) is 3. The summed E-state index contributed by atoms with van der Waals surface area (Å²) >= 11 is 3.63. The van der Waals surface area contributed by atoms with E-state index in [1.54, 1.807) is 0 Å². The number of imidazole rings is 1. The summed E-state index contributed by atoms with van der Waals surface area (Å²) in [5.74, 6) is 0.923. The summed E-state index contributed by atoms with van der Waals surface area (Å²) < 4.78 is 1.08. The van der Waals surface area contributed by atoms with Crippen LogP contribution in [0.4, 0.5) is 0 Å². The molecule has 5 nitrogen and oxygen atoms in total. The molecule has 0 saturated carbocycles. The van der Waals surface area contributed by atoms with Crippen molar-refractivity contribution < 1.29 is 4.79 Å². The van der Waals surface area contributed by atoms with Gasteiger partial charge in [0.25, 0.3) is 5.91 Å².